The maximum absolute atomic E-state index is 12.9. The van der Waals surface area contributed by atoms with Crippen LogP contribution in [0.2, 0.25) is 0 Å². The summed E-state index contributed by atoms with van der Waals surface area (Å²) in [6, 6.07) is 1.92. The quantitative estimate of drug-likeness (QED) is 0.843. The fourth-order valence-corrected chi connectivity index (χ4v) is 5.15. The Morgan fingerprint density at radius 1 is 1.04 bits per heavy atom. The van der Waals surface area contributed by atoms with Crippen molar-refractivity contribution in [1.82, 2.24) is 19.8 Å². The number of nitrogens with zero attached hydrogens (tertiary/aromatic N) is 2. The van der Waals surface area contributed by atoms with E-state index in [-0.39, 0.29) is 17.4 Å². The Morgan fingerprint density at radius 3 is 2.69 bits per heavy atom. The fraction of sp³-hybridized carbons (Fsp3) is 0.737. The summed E-state index contributed by atoms with van der Waals surface area (Å²) < 4.78 is 0. The van der Waals surface area contributed by atoms with Crippen LogP contribution >= 0.6 is 0 Å². The number of carbonyl (C=O) groups excluding carboxylic acids is 1. The smallest absolute Gasteiger partial charge is 0.325 e. The standard InChI is InChI=1S/C19H28N4O3/c24-17-10-15(20-19(26)21-17)14-7-9-22(11-14)12-18(25)23-8-3-5-13-4-1-2-6-16(13)23/h10,13-14,16H,1-9,11-12H2,(H2,20,21,24,26). The molecular formula is C19H28N4O3. The molecule has 7 nitrogen and oxygen atoms in total. The summed E-state index contributed by atoms with van der Waals surface area (Å²) in [4.78, 5) is 45.2. The van der Waals surface area contributed by atoms with Gasteiger partial charge in [-0.15, -0.1) is 0 Å². The number of hydrogen-bond acceptors (Lipinski definition) is 4. The number of fused-ring (bicyclic) bond motifs is 1. The van der Waals surface area contributed by atoms with Crippen LogP contribution in [0.25, 0.3) is 0 Å². The molecule has 3 aliphatic rings. The van der Waals surface area contributed by atoms with Crippen LogP contribution in [0.4, 0.5) is 0 Å². The van der Waals surface area contributed by atoms with E-state index in [1.807, 2.05) is 0 Å². The maximum Gasteiger partial charge on any atom is 0.325 e. The molecule has 142 valence electrons. The SMILES string of the molecule is O=C(CN1CCC(c2cc(=O)[nH]c(=O)[nH]2)C1)N1CCCC2CCCCC21. The number of likely N-dealkylation sites (tertiary alicyclic amines) is 2. The molecule has 0 aromatic carbocycles. The number of nitrogens with one attached hydrogen (secondary N) is 2. The molecule has 0 radical (unpaired) electrons. The molecule has 2 N–H and O–H groups in total. The minimum absolute atomic E-state index is 0.113. The van der Waals surface area contributed by atoms with Crippen LogP contribution < -0.4 is 11.2 Å². The molecule has 1 amide bonds. The van der Waals surface area contributed by atoms with Crippen molar-refractivity contribution in [3.63, 3.8) is 0 Å². The number of hydrogen-bond donors (Lipinski definition) is 2. The number of rotatable bonds is 3. The van der Waals surface area contributed by atoms with Crippen LogP contribution in [0.15, 0.2) is 15.7 Å². The lowest BCUT2D eigenvalue weighted by molar-refractivity contribution is -0.138. The molecule has 26 heavy (non-hydrogen) atoms. The van der Waals surface area contributed by atoms with Crippen LogP contribution in [-0.2, 0) is 4.79 Å². The van der Waals surface area contributed by atoms with E-state index >= 15 is 0 Å². The second kappa shape index (κ2) is 7.39. The van der Waals surface area contributed by atoms with Crippen LogP contribution in [0, 0.1) is 5.92 Å². The predicted molar refractivity (Wildman–Crippen MR) is 98.2 cm³/mol. The van der Waals surface area contributed by atoms with Crippen molar-refractivity contribution in [2.75, 3.05) is 26.2 Å². The van der Waals surface area contributed by atoms with E-state index in [0.29, 0.717) is 30.7 Å². The first-order chi connectivity index (χ1) is 12.6. The molecule has 3 atom stereocenters. The van der Waals surface area contributed by atoms with E-state index in [1.54, 1.807) is 0 Å². The molecular weight excluding hydrogens is 332 g/mol. The van der Waals surface area contributed by atoms with E-state index < -0.39 is 5.69 Å². The second-order valence-electron chi connectivity index (χ2n) is 8.11. The molecule has 2 saturated heterocycles. The largest absolute Gasteiger partial charge is 0.338 e. The van der Waals surface area contributed by atoms with E-state index in [2.05, 4.69) is 19.8 Å². The minimum Gasteiger partial charge on any atom is -0.338 e. The third-order valence-electron chi connectivity index (χ3n) is 6.42. The van der Waals surface area contributed by atoms with Gasteiger partial charge in [0.1, 0.15) is 0 Å². The highest BCUT2D eigenvalue weighted by atomic mass is 16.2. The van der Waals surface area contributed by atoms with Gasteiger partial charge in [0.25, 0.3) is 5.56 Å². The van der Waals surface area contributed by atoms with Gasteiger partial charge in [0.15, 0.2) is 0 Å². The highest BCUT2D eigenvalue weighted by Gasteiger charge is 2.36. The Balaban J connectivity index is 1.38. The average molecular weight is 360 g/mol. The molecule has 3 fully saturated rings. The number of carbonyl (C=O) groups is 1. The Kier molecular flexibility index (Phi) is 4.98. The van der Waals surface area contributed by atoms with Crippen molar-refractivity contribution in [1.29, 1.82) is 0 Å². The fourth-order valence-electron chi connectivity index (χ4n) is 5.15. The van der Waals surface area contributed by atoms with Gasteiger partial charge in [-0.05, 0) is 44.6 Å². The third kappa shape index (κ3) is 3.63. The predicted octanol–water partition coefficient (Wildman–Crippen LogP) is 1.03. The van der Waals surface area contributed by atoms with Gasteiger partial charge in [-0.3, -0.25) is 19.5 Å². The van der Waals surface area contributed by atoms with Crippen molar-refractivity contribution in [2.45, 2.75) is 56.9 Å². The summed E-state index contributed by atoms with van der Waals surface area (Å²) >= 11 is 0. The van der Waals surface area contributed by atoms with Gasteiger partial charge in [0.05, 0.1) is 6.54 Å². The summed E-state index contributed by atoms with van der Waals surface area (Å²) in [5.74, 6) is 1.07. The van der Waals surface area contributed by atoms with Gasteiger partial charge >= 0.3 is 5.69 Å². The average Bonchev–Trinajstić information content (AvgIpc) is 3.09. The molecule has 7 heteroatoms. The topological polar surface area (TPSA) is 89.3 Å². The number of amides is 1. The van der Waals surface area contributed by atoms with Gasteiger partial charge in [0, 0.05) is 36.8 Å². The normalized spacial score (nSPS) is 29.5. The molecule has 1 aliphatic carbocycles. The lowest BCUT2D eigenvalue weighted by Gasteiger charge is -2.44. The molecule has 2 aliphatic heterocycles. The van der Waals surface area contributed by atoms with Crippen molar-refractivity contribution in [3.8, 4) is 0 Å². The van der Waals surface area contributed by atoms with Gasteiger partial charge in [-0.1, -0.05) is 12.8 Å². The molecule has 1 saturated carbocycles. The van der Waals surface area contributed by atoms with Crippen molar-refractivity contribution in [3.05, 3.63) is 32.6 Å². The summed E-state index contributed by atoms with van der Waals surface area (Å²) in [6.45, 7) is 2.89. The summed E-state index contributed by atoms with van der Waals surface area (Å²) in [5, 5.41) is 0. The first kappa shape index (κ1) is 17.5. The monoisotopic (exact) mass is 360 g/mol. The highest BCUT2D eigenvalue weighted by molar-refractivity contribution is 5.78. The first-order valence-electron chi connectivity index (χ1n) is 9.95. The van der Waals surface area contributed by atoms with Crippen LogP contribution in [0.1, 0.15) is 56.6 Å². The van der Waals surface area contributed by atoms with Gasteiger partial charge in [-0.2, -0.15) is 0 Å². The zero-order valence-corrected chi connectivity index (χ0v) is 15.2. The minimum atomic E-state index is -0.460. The maximum atomic E-state index is 12.9. The van der Waals surface area contributed by atoms with Gasteiger partial charge in [-0.25, -0.2) is 4.79 Å². The van der Waals surface area contributed by atoms with Gasteiger partial charge < -0.3 is 9.88 Å². The summed E-state index contributed by atoms with van der Waals surface area (Å²) in [6.07, 6.45) is 8.25. The van der Waals surface area contributed by atoms with Crippen molar-refractivity contribution >= 4 is 5.91 Å². The number of H-pyrrole nitrogens is 2. The van der Waals surface area contributed by atoms with E-state index in [9.17, 15) is 14.4 Å². The highest BCUT2D eigenvalue weighted by Crippen LogP contribution is 2.35. The molecule has 1 aromatic heterocycles. The van der Waals surface area contributed by atoms with Crippen LogP contribution in [0.5, 0.6) is 0 Å². The first-order valence-corrected chi connectivity index (χ1v) is 9.95. The zero-order valence-electron chi connectivity index (χ0n) is 15.2. The van der Waals surface area contributed by atoms with Crippen LogP contribution in [0.3, 0.4) is 0 Å². The Labute approximate surface area is 152 Å². The van der Waals surface area contributed by atoms with E-state index in [4.69, 9.17) is 0 Å². The number of aromatic amines is 2. The van der Waals surface area contributed by atoms with E-state index in [1.165, 1.54) is 31.7 Å². The zero-order chi connectivity index (χ0) is 18.1. The lowest BCUT2D eigenvalue weighted by atomic mass is 9.78. The third-order valence-corrected chi connectivity index (χ3v) is 6.42. The molecule has 4 rings (SSSR count). The van der Waals surface area contributed by atoms with Gasteiger partial charge in [0.2, 0.25) is 5.91 Å². The second-order valence-corrected chi connectivity index (χ2v) is 8.11. The Morgan fingerprint density at radius 2 is 1.85 bits per heavy atom. The lowest BCUT2D eigenvalue weighted by Crippen LogP contribution is -2.52. The molecule has 3 unspecified atom stereocenters. The number of aromatic nitrogens is 2. The van der Waals surface area contributed by atoms with Crippen molar-refractivity contribution < 1.29 is 4.79 Å². The van der Waals surface area contributed by atoms with E-state index in [0.717, 1.165) is 32.4 Å². The Hall–Kier alpha value is -1.89. The summed E-state index contributed by atoms with van der Waals surface area (Å²) in [7, 11) is 0. The van der Waals surface area contributed by atoms with Crippen LogP contribution in [-0.4, -0.2) is 57.9 Å². The molecule has 3 heterocycles. The summed E-state index contributed by atoms with van der Waals surface area (Å²) in [5.41, 5.74) is -0.146. The molecule has 0 spiro atoms. The molecule has 0 bridgehead atoms. The number of piperidine rings is 1. The van der Waals surface area contributed by atoms with Crippen molar-refractivity contribution in [2.24, 2.45) is 5.92 Å². The molecule has 1 aromatic rings. The Bertz CT molecular complexity index is 740.